The zero-order chi connectivity index (χ0) is 18.6. The van der Waals surface area contributed by atoms with Gasteiger partial charge in [0.15, 0.2) is 0 Å². The first-order chi connectivity index (χ1) is 11.9. The molecule has 2 atom stereocenters. The summed E-state index contributed by atoms with van der Waals surface area (Å²) in [4.78, 5) is 35.8. The van der Waals surface area contributed by atoms with Gasteiger partial charge in [-0.25, -0.2) is 0 Å². The van der Waals surface area contributed by atoms with Crippen molar-refractivity contribution in [3.63, 3.8) is 0 Å². The maximum atomic E-state index is 12.5. The average Bonchev–Trinajstić information content (AvgIpc) is 2.59. The molecule has 1 aliphatic heterocycles. The highest BCUT2D eigenvalue weighted by molar-refractivity contribution is 8.03. The second-order valence-electron chi connectivity index (χ2n) is 5.43. The molecule has 2 unspecified atom stereocenters. The quantitative estimate of drug-likeness (QED) is 0.596. The van der Waals surface area contributed by atoms with Crippen molar-refractivity contribution in [3.05, 3.63) is 46.0 Å². The fraction of sp³-hybridized carbons (Fsp3) is 0.294. The molecule has 130 valence electrons. The summed E-state index contributed by atoms with van der Waals surface area (Å²) >= 11 is 0.966. The molecule has 0 radical (unpaired) electrons. The lowest BCUT2D eigenvalue weighted by atomic mass is 9.77. The van der Waals surface area contributed by atoms with Crippen LogP contribution >= 0.6 is 11.8 Å². The van der Waals surface area contributed by atoms with Crippen molar-refractivity contribution in [1.82, 2.24) is 5.32 Å². The number of aryl methyl sites for hydroxylation is 1. The lowest BCUT2D eigenvalue weighted by Crippen LogP contribution is -2.44. The summed E-state index contributed by atoms with van der Waals surface area (Å²) in [5, 5.41) is 12.4. The lowest BCUT2D eigenvalue weighted by Gasteiger charge is -2.31. The van der Waals surface area contributed by atoms with Crippen LogP contribution in [0, 0.1) is 24.2 Å². The molecule has 8 heteroatoms. The second-order valence-corrected chi connectivity index (χ2v) is 6.42. The Labute approximate surface area is 149 Å². The van der Waals surface area contributed by atoms with Gasteiger partial charge in [0.1, 0.15) is 5.92 Å². The number of carbonyl (C=O) groups is 3. The number of hydrogen-bond donors (Lipinski definition) is 2. The van der Waals surface area contributed by atoms with E-state index in [0.29, 0.717) is 5.56 Å². The Morgan fingerprint density at radius 2 is 2.08 bits per heavy atom. The van der Waals surface area contributed by atoms with Crippen LogP contribution in [0.3, 0.4) is 0 Å². The van der Waals surface area contributed by atoms with Crippen LogP contribution in [-0.4, -0.2) is 30.6 Å². The maximum Gasteiger partial charge on any atom is 0.319 e. The van der Waals surface area contributed by atoms with Gasteiger partial charge in [-0.3, -0.25) is 14.4 Å². The zero-order valence-electron chi connectivity index (χ0n) is 13.7. The first-order valence-electron chi connectivity index (χ1n) is 7.40. The van der Waals surface area contributed by atoms with Crippen molar-refractivity contribution in [3.8, 4) is 6.07 Å². The third-order valence-corrected chi connectivity index (χ3v) is 4.91. The van der Waals surface area contributed by atoms with Gasteiger partial charge in [0.05, 0.1) is 29.5 Å². The minimum atomic E-state index is -1.18. The summed E-state index contributed by atoms with van der Waals surface area (Å²) in [7, 11) is 1.19. The molecule has 0 saturated carbocycles. The summed E-state index contributed by atoms with van der Waals surface area (Å²) in [6.07, 6.45) is 0. The topological polar surface area (TPSA) is 122 Å². The van der Waals surface area contributed by atoms with Crippen molar-refractivity contribution >= 4 is 29.5 Å². The van der Waals surface area contributed by atoms with E-state index in [0.717, 1.165) is 17.3 Å². The van der Waals surface area contributed by atoms with Crippen LogP contribution < -0.4 is 11.1 Å². The molecule has 2 amide bonds. The number of benzene rings is 1. The van der Waals surface area contributed by atoms with Crippen LogP contribution in [0.4, 0.5) is 0 Å². The maximum absolute atomic E-state index is 12.5. The Morgan fingerprint density at radius 1 is 1.40 bits per heavy atom. The molecule has 0 bridgehead atoms. The van der Waals surface area contributed by atoms with Crippen molar-refractivity contribution in [2.75, 3.05) is 12.9 Å². The molecule has 1 aromatic rings. The molecule has 0 aliphatic carbocycles. The SMILES string of the molecule is COC(=O)C1C(=O)NC(SCC(N)=O)=C(C#N)C1c1ccccc1C. The number of methoxy groups -OCH3 is 1. The third kappa shape index (κ3) is 3.83. The van der Waals surface area contributed by atoms with Crippen LogP contribution in [0.5, 0.6) is 0 Å². The van der Waals surface area contributed by atoms with Gasteiger partial charge in [0.2, 0.25) is 11.8 Å². The Kier molecular flexibility index (Phi) is 5.83. The molecular weight excluding hydrogens is 342 g/mol. The molecule has 7 nitrogen and oxygen atoms in total. The van der Waals surface area contributed by atoms with Crippen LogP contribution in [0.25, 0.3) is 0 Å². The highest BCUT2D eigenvalue weighted by atomic mass is 32.2. The number of nitrogens with zero attached hydrogens (tertiary/aromatic N) is 1. The molecule has 3 N–H and O–H groups in total. The van der Waals surface area contributed by atoms with Gasteiger partial charge >= 0.3 is 5.97 Å². The number of thioether (sulfide) groups is 1. The predicted octanol–water partition coefficient (Wildman–Crippen LogP) is 0.951. The van der Waals surface area contributed by atoms with Gasteiger partial charge in [-0.05, 0) is 18.1 Å². The monoisotopic (exact) mass is 359 g/mol. The molecule has 0 saturated heterocycles. The third-order valence-electron chi connectivity index (χ3n) is 3.87. The number of esters is 1. The lowest BCUT2D eigenvalue weighted by molar-refractivity contribution is -0.150. The average molecular weight is 359 g/mol. The van der Waals surface area contributed by atoms with E-state index >= 15 is 0 Å². The summed E-state index contributed by atoms with van der Waals surface area (Å²) in [5.74, 6) is -3.94. The Balaban J connectivity index is 2.62. The van der Waals surface area contributed by atoms with Crippen LogP contribution in [0.1, 0.15) is 17.0 Å². The Hall–Kier alpha value is -2.79. The van der Waals surface area contributed by atoms with Gasteiger partial charge < -0.3 is 15.8 Å². The standard InChI is InChI=1S/C17H17N3O4S/c1-9-5-3-4-6-10(9)13-11(7-18)16(25-8-12(19)21)20-15(22)14(13)17(23)24-2/h3-6,13-14H,8H2,1-2H3,(H2,19,21)(H,20,22). The minimum absolute atomic E-state index is 0.0931. The van der Waals surface area contributed by atoms with E-state index in [-0.39, 0.29) is 16.4 Å². The molecule has 0 spiro atoms. The largest absolute Gasteiger partial charge is 0.468 e. The van der Waals surface area contributed by atoms with Crippen molar-refractivity contribution in [2.24, 2.45) is 11.7 Å². The van der Waals surface area contributed by atoms with E-state index in [2.05, 4.69) is 11.4 Å². The highest BCUT2D eigenvalue weighted by Crippen LogP contribution is 2.41. The minimum Gasteiger partial charge on any atom is -0.468 e. The first kappa shape index (κ1) is 18.5. The van der Waals surface area contributed by atoms with E-state index in [1.54, 1.807) is 12.1 Å². The summed E-state index contributed by atoms with van der Waals surface area (Å²) in [5.41, 5.74) is 6.87. The number of primary amides is 1. The number of hydrogen-bond acceptors (Lipinski definition) is 6. The number of nitrogens with one attached hydrogen (secondary N) is 1. The van der Waals surface area contributed by atoms with Crippen LogP contribution in [0.15, 0.2) is 34.9 Å². The predicted molar refractivity (Wildman–Crippen MR) is 91.9 cm³/mol. The van der Waals surface area contributed by atoms with Crippen LogP contribution in [-0.2, 0) is 19.1 Å². The molecule has 0 fully saturated rings. The van der Waals surface area contributed by atoms with E-state index < -0.39 is 29.6 Å². The Bertz CT molecular complexity index is 797. The summed E-state index contributed by atoms with van der Waals surface area (Å²) in [6.45, 7) is 1.83. The number of allylic oxidation sites excluding steroid dienone is 1. The molecule has 25 heavy (non-hydrogen) atoms. The molecule has 0 aromatic heterocycles. The van der Waals surface area contributed by atoms with Crippen molar-refractivity contribution in [1.29, 1.82) is 5.26 Å². The smallest absolute Gasteiger partial charge is 0.319 e. The molecule has 1 heterocycles. The fourth-order valence-corrected chi connectivity index (χ4v) is 3.52. The number of ether oxygens (including phenoxy) is 1. The summed E-state index contributed by atoms with van der Waals surface area (Å²) in [6, 6.07) is 9.27. The van der Waals surface area contributed by atoms with Gasteiger partial charge in [-0.15, -0.1) is 0 Å². The number of amides is 2. The van der Waals surface area contributed by atoms with Crippen molar-refractivity contribution < 1.29 is 19.1 Å². The molecule has 1 aliphatic rings. The molecule has 1 aromatic carbocycles. The first-order valence-corrected chi connectivity index (χ1v) is 8.38. The number of nitriles is 1. The number of carbonyl (C=O) groups excluding carboxylic acids is 3. The summed E-state index contributed by atoms with van der Waals surface area (Å²) < 4.78 is 4.77. The van der Waals surface area contributed by atoms with Crippen molar-refractivity contribution in [2.45, 2.75) is 12.8 Å². The van der Waals surface area contributed by atoms with E-state index in [1.165, 1.54) is 7.11 Å². The normalized spacial score (nSPS) is 19.8. The fourth-order valence-electron chi connectivity index (χ4n) is 2.73. The molecule has 2 rings (SSSR count). The van der Waals surface area contributed by atoms with Gasteiger partial charge in [0, 0.05) is 5.92 Å². The van der Waals surface area contributed by atoms with Gasteiger partial charge in [0.25, 0.3) is 0 Å². The van der Waals surface area contributed by atoms with Gasteiger partial charge in [-0.2, -0.15) is 5.26 Å². The van der Waals surface area contributed by atoms with E-state index in [4.69, 9.17) is 10.5 Å². The zero-order valence-corrected chi connectivity index (χ0v) is 14.6. The number of nitrogens with two attached hydrogens (primary N) is 1. The molecular formula is C17H17N3O4S. The van der Waals surface area contributed by atoms with Gasteiger partial charge in [-0.1, -0.05) is 36.0 Å². The van der Waals surface area contributed by atoms with E-state index in [9.17, 15) is 19.6 Å². The Morgan fingerprint density at radius 3 is 2.64 bits per heavy atom. The highest BCUT2D eigenvalue weighted by Gasteiger charge is 2.44. The number of rotatable bonds is 5. The van der Waals surface area contributed by atoms with E-state index in [1.807, 2.05) is 19.1 Å². The van der Waals surface area contributed by atoms with Crippen LogP contribution in [0.2, 0.25) is 0 Å². The second kappa shape index (κ2) is 7.85.